The molecular formula is C23H33NO6. The Hall–Kier alpha value is -2.22. The van der Waals surface area contributed by atoms with Gasteiger partial charge in [0.2, 0.25) is 0 Å². The van der Waals surface area contributed by atoms with Crippen LogP contribution in [-0.4, -0.2) is 68.8 Å². The van der Waals surface area contributed by atoms with Gasteiger partial charge < -0.3 is 19.3 Å². The quantitative estimate of drug-likeness (QED) is 0.335. The number of hydrogen-bond acceptors (Lipinski definition) is 7. The van der Waals surface area contributed by atoms with Gasteiger partial charge in [-0.05, 0) is 49.4 Å². The van der Waals surface area contributed by atoms with Crippen LogP contribution in [-0.2, 0) is 27.3 Å². The molecule has 1 N–H and O–H groups in total. The number of esters is 1. The highest BCUT2D eigenvalue weighted by molar-refractivity contribution is 5.79. The Morgan fingerprint density at radius 1 is 1.30 bits per heavy atom. The predicted octanol–water partition coefficient (Wildman–Crippen LogP) is 2.45. The number of allylic oxidation sites excluding steroid dienone is 2. The van der Waals surface area contributed by atoms with Crippen LogP contribution in [0.15, 0.2) is 17.7 Å². The molecule has 1 heterocycles. The monoisotopic (exact) mass is 419 g/mol. The number of aliphatic hydroxyl groups is 1. The number of carbonyl (C=O) groups excluding carboxylic acids is 2. The molecule has 0 aromatic heterocycles. The van der Waals surface area contributed by atoms with Gasteiger partial charge in [-0.2, -0.15) is 0 Å². The van der Waals surface area contributed by atoms with Crippen molar-refractivity contribution < 1.29 is 28.9 Å². The Labute approximate surface area is 178 Å². The van der Waals surface area contributed by atoms with Gasteiger partial charge in [-0.25, -0.2) is 0 Å². The zero-order chi connectivity index (χ0) is 21.9. The van der Waals surface area contributed by atoms with Gasteiger partial charge in [0.1, 0.15) is 18.6 Å². The summed E-state index contributed by atoms with van der Waals surface area (Å²) in [5.41, 5.74) is 3.78. The summed E-state index contributed by atoms with van der Waals surface area (Å²) in [6, 6.07) is 1.76. The highest BCUT2D eigenvalue weighted by Gasteiger charge is 2.15. The van der Waals surface area contributed by atoms with Crippen molar-refractivity contribution in [3.05, 3.63) is 40.0 Å². The average Bonchev–Trinajstić information content (AvgIpc) is 2.76. The minimum Gasteiger partial charge on any atom is -0.496 e. The number of nitrogens with zero attached hydrogens (tertiary/aromatic N) is 1. The highest BCUT2D eigenvalue weighted by atomic mass is 16.5. The molecule has 1 aliphatic heterocycles. The van der Waals surface area contributed by atoms with Crippen LogP contribution in [0.5, 0.6) is 5.75 Å². The summed E-state index contributed by atoms with van der Waals surface area (Å²) in [7, 11) is 1.58. The van der Waals surface area contributed by atoms with Crippen LogP contribution in [0.25, 0.3) is 0 Å². The van der Waals surface area contributed by atoms with E-state index in [4.69, 9.17) is 14.2 Å². The Morgan fingerprint density at radius 3 is 2.67 bits per heavy atom. The summed E-state index contributed by atoms with van der Waals surface area (Å²) in [5, 5.41) is 9.54. The van der Waals surface area contributed by atoms with Crippen LogP contribution in [0.2, 0.25) is 0 Å². The van der Waals surface area contributed by atoms with Crippen molar-refractivity contribution in [1.82, 2.24) is 4.90 Å². The van der Waals surface area contributed by atoms with Crippen LogP contribution < -0.4 is 4.74 Å². The summed E-state index contributed by atoms with van der Waals surface area (Å²) in [5.74, 6) is 0.483. The second kappa shape index (κ2) is 12.5. The van der Waals surface area contributed by atoms with E-state index in [9.17, 15) is 14.7 Å². The summed E-state index contributed by atoms with van der Waals surface area (Å²) in [6.07, 6.45) is 4.32. The van der Waals surface area contributed by atoms with E-state index < -0.39 is 0 Å². The molecule has 7 nitrogen and oxygen atoms in total. The van der Waals surface area contributed by atoms with Gasteiger partial charge in [-0.3, -0.25) is 14.5 Å². The van der Waals surface area contributed by atoms with Crippen LogP contribution in [0.3, 0.4) is 0 Å². The van der Waals surface area contributed by atoms with Gasteiger partial charge in [-0.15, -0.1) is 0 Å². The number of benzene rings is 1. The molecule has 1 fully saturated rings. The first-order valence-electron chi connectivity index (χ1n) is 10.4. The zero-order valence-electron chi connectivity index (χ0n) is 18.2. The van der Waals surface area contributed by atoms with Crippen molar-refractivity contribution in [1.29, 1.82) is 0 Å². The first-order chi connectivity index (χ1) is 14.5. The second-order valence-electron chi connectivity index (χ2n) is 7.47. The molecule has 2 rings (SSSR count). The fraction of sp³-hybridized carbons (Fsp3) is 0.565. The van der Waals surface area contributed by atoms with Gasteiger partial charge in [0.15, 0.2) is 0 Å². The number of rotatable bonds is 11. The van der Waals surface area contributed by atoms with Gasteiger partial charge in [0.05, 0.1) is 26.9 Å². The van der Waals surface area contributed by atoms with Crippen molar-refractivity contribution in [3.8, 4) is 5.75 Å². The molecule has 0 radical (unpaired) electrons. The van der Waals surface area contributed by atoms with E-state index in [1.807, 2.05) is 19.9 Å². The van der Waals surface area contributed by atoms with Crippen LogP contribution in [0, 0.1) is 6.92 Å². The first kappa shape index (κ1) is 24.1. The van der Waals surface area contributed by atoms with Crippen molar-refractivity contribution in [2.24, 2.45) is 0 Å². The van der Waals surface area contributed by atoms with Crippen LogP contribution >= 0.6 is 0 Å². The molecule has 0 unspecified atom stereocenters. The lowest BCUT2D eigenvalue weighted by Gasteiger charge is -2.26. The molecule has 166 valence electrons. The van der Waals surface area contributed by atoms with E-state index in [1.54, 1.807) is 13.2 Å². The van der Waals surface area contributed by atoms with E-state index in [2.05, 4.69) is 4.90 Å². The Morgan fingerprint density at radius 2 is 2.03 bits per heavy atom. The molecule has 1 saturated heterocycles. The third-order valence-electron chi connectivity index (χ3n) is 5.42. The molecule has 0 aliphatic carbocycles. The summed E-state index contributed by atoms with van der Waals surface area (Å²) < 4.78 is 16.1. The molecule has 0 spiro atoms. The van der Waals surface area contributed by atoms with Gasteiger partial charge in [0, 0.05) is 31.6 Å². The van der Waals surface area contributed by atoms with Gasteiger partial charge in [0.25, 0.3) is 0 Å². The third kappa shape index (κ3) is 6.93. The van der Waals surface area contributed by atoms with E-state index in [0.717, 1.165) is 55.8 Å². The summed E-state index contributed by atoms with van der Waals surface area (Å²) in [4.78, 5) is 25.6. The summed E-state index contributed by atoms with van der Waals surface area (Å²) in [6.45, 7) is 7.99. The molecule has 0 amide bonds. The smallest absolute Gasteiger partial charge is 0.306 e. The summed E-state index contributed by atoms with van der Waals surface area (Å²) >= 11 is 0. The van der Waals surface area contributed by atoms with E-state index in [0.29, 0.717) is 42.7 Å². The molecule has 0 atom stereocenters. The van der Waals surface area contributed by atoms with Crippen molar-refractivity contribution >= 4 is 12.3 Å². The lowest BCUT2D eigenvalue weighted by Crippen LogP contribution is -2.38. The fourth-order valence-electron chi connectivity index (χ4n) is 3.56. The lowest BCUT2D eigenvalue weighted by molar-refractivity contribution is -0.144. The van der Waals surface area contributed by atoms with Gasteiger partial charge in [-0.1, -0.05) is 11.6 Å². The maximum atomic E-state index is 12.0. The lowest BCUT2D eigenvalue weighted by atomic mass is 9.95. The minimum atomic E-state index is -0.209. The number of methoxy groups -OCH3 is 1. The number of morpholine rings is 1. The first-order valence-corrected chi connectivity index (χ1v) is 10.4. The fourth-order valence-corrected chi connectivity index (χ4v) is 3.56. The molecule has 1 aromatic carbocycles. The van der Waals surface area contributed by atoms with Crippen molar-refractivity contribution in [2.45, 2.75) is 39.7 Å². The molecule has 7 heteroatoms. The van der Waals surface area contributed by atoms with Crippen LogP contribution in [0.1, 0.15) is 46.8 Å². The molecule has 30 heavy (non-hydrogen) atoms. The number of ether oxygens (including phenoxy) is 3. The molecule has 1 aromatic rings. The molecule has 1 aliphatic rings. The predicted molar refractivity (Wildman–Crippen MR) is 114 cm³/mol. The Bertz CT molecular complexity index is 753. The van der Waals surface area contributed by atoms with E-state index in [-0.39, 0.29) is 12.6 Å². The number of aliphatic hydroxyl groups excluding tert-OH is 1. The third-order valence-corrected chi connectivity index (χ3v) is 5.42. The Balaban J connectivity index is 1.85. The van der Waals surface area contributed by atoms with Crippen molar-refractivity contribution in [3.63, 3.8) is 0 Å². The maximum absolute atomic E-state index is 12.0. The SMILES string of the molecule is COc1c(C/C=C(\C)CCC(=O)OCCN2CCOCC2)cc(C=O)c(CO)c1C. The standard InChI is InChI=1S/C23H33NO6/c1-17(5-7-22(27)30-13-10-24-8-11-29-12-9-24)4-6-19-14-20(15-25)21(16-26)18(2)23(19)28-3/h4,14-15,26H,5-13,16H2,1-3H3/b17-4+. The van der Waals surface area contributed by atoms with Gasteiger partial charge >= 0.3 is 5.97 Å². The highest BCUT2D eigenvalue weighted by Crippen LogP contribution is 2.30. The number of hydrogen-bond donors (Lipinski definition) is 1. The minimum absolute atomic E-state index is 0.194. The maximum Gasteiger partial charge on any atom is 0.306 e. The number of aldehydes is 1. The van der Waals surface area contributed by atoms with Crippen molar-refractivity contribution in [2.75, 3.05) is 46.6 Å². The molecule has 0 bridgehead atoms. The van der Waals surface area contributed by atoms with Crippen LogP contribution in [0.4, 0.5) is 0 Å². The average molecular weight is 420 g/mol. The molecular weight excluding hydrogens is 386 g/mol. The molecule has 0 saturated carbocycles. The normalized spacial score (nSPS) is 15.1. The van der Waals surface area contributed by atoms with E-state index in [1.165, 1.54) is 0 Å². The number of carbonyl (C=O) groups is 2. The van der Waals surface area contributed by atoms with E-state index >= 15 is 0 Å². The Kier molecular flexibility index (Phi) is 10.00. The largest absolute Gasteiger partial charge is 0.496 e. The second-order valence-corrected chi connectivity index (χ2v) is 7.47. The topological polar surface area (TPSA) is 85.3 Å². The zero-order valence-corrected chi connectivity index (χ0v) is 18.2.